The number of aryl methyl sites for hydroxylation is 1. The van der Waals surface area contributed by atoms with E-state index in [9.17, 15) is 9.59 Å². The van der Waals surface area contributed by atoms with Gasteiger partial charge in [-0.25, -0.2) is 0 Å². The molecule has 1 heterocycles. The highest BCUT2D eigenvalue weighted by atomic mass is 16.2. The zero-order valence-corrected chi connectivity index (χ0v) is 20.5. The molecule has 1 N–H and O–H groups in total. The zero-order valence-electron chi connectivity index (χ0n) is 20.5. The second-order valence-corrected chi connectivity index (χ2v) is 8.77. The molecule has 0 aliphatic carbocycles. The van der Waals surface area contributed by atoms with Crippen LogP contribution in [0.5, 0.6) is 0 Å². The zero-order chi connectivity index (χ0) is 25.2. The molecular weight excluding hydrogens is 446 g/mol. The van der Waals surface area contributed by atoms with E-state index in [1.807, 2.05) is 84.7 Å². The van der Waals surface area contributed by atoms with Crippen LogP contribution in [0.1, 0.15) is 39.3 Å². The number of pyridine rings is 1. The lowest BCUT2D eigenvalue weighted by atomic mass is 9.97. The number of carbonyl (C=O) groups excluding carboxylic acids is 2. The van der Waals surface area contributed by atoms with Crippen molar-refractivity contribution in [2.75, 3.05) is 13.6 Å². The van der Waals surface area contributed by atoms with Crippen LogP contribution in [0.4, 0.5) is 0 Å². The van der Waals surface area contributed by atoms with E-state index in [2.05, 4.69) is 22.4 Å². The van der Waals surface area contributed by atoms with E-state index >= 15 is 0 Å². The van der Waals surface area contributed by atoms with Crippen molar-refractivity contribution in [1.82, 2.24) is 15.2 Å². The molecule has 182 valence electrons. The number of rotatable bonds is 10. The topological polar surface area (TPSA) is 62.3 Å². The molecule has 36 heavy (non-hydrogen) atoms. The molecule has 5 heteroatoms. The van der Waals surface area contributed by atoms with Gasteiger partial charge >= 0.3 is 0 Å². The average molecular weight is 478 g/mol. The highest BCUT2D eigenvalue weighted by Gasteiger charge is 2.23. The van der Waals surface area contributed by atoms with Gasteiger partial charge in [0.2, 0.25) is 0 Å². The summed E-state index contributed by atoms with van der Waals surface area (Å²) in [6, 6.07) is 33.2. The molecule has 0 fully saturated rings. The van der Waals surface area contributed by atoms with Crippen molar-refractivity contribution in [3.63, 3.8) is 0 Å². The Bertz CT molecular complexity index is 1260. The van der Waals surface area contributed by atoms with E-state index < -0.39 is 0 Å². The Hall–Kier alpha value is -4.25. The molecule has 0 aliphatic rings. The molecule has 1 aromatic heterocycles. The Morgan fingerprint density at radius 3 is 2.19 bits per heavy atom. The van der Waals surface area contributed by atoms with Gasteiger partial charge in [0, 0.05) is 31.4 Å². The number of amides is 2. The van der Waals surface area contributed by atoms with Crippen LogP contribution in [0.15, 0.2) is 109 Å². The minimum absolute atomic E-state index is 0.0245. The molecule has 0 spiro atoms. The van der Waals surface area contributed by atoms with Gasteiger partial charge in [-0.2, -0.15) is 0 Å². The summed E-state index contributed by atoms with van der Waals surface area (Å²) in [7, 11) is 1.86. The fourth-order valence-electron chi connectivity index (χ4n) is 4.34. The smallest absolute Gasteiger partial charge is 0.269 e. The molecule has 1 atom stereocenters. The third kappa shape index (κ3) is 6.45. The highest BCUT2D eigenvalue weighted by molar-refractivity contribution is 6.01. The Kier molecular flexibility index (Phi) is 8.60. The average Bonchev–Trinajstić information content (AvgIpc) is 2.95. The molecule has 0 aliphatic heterocycles. The van der Waals surface area contributed by atoms with Crippen LogP contribution in [0, 0.1) is 0 Å². The number of nitrogens with one attached hydrogen (secondary N) is 1. The summed E-state index contributed by atoms with van der Waals surface area (Å²) in [6.07, 6.45) is 3.88. The normalized spacial score (nSPS) is 11.5. The summed E-state index contributed by atoms with van der Waals surface area (Å²) in [5, 5.41) is 2.96. The van der Waals surface area contributed by atoms with Gasteiger partial charge in [0.15, 0.2) is 0 Å². The van der Waals surface area contributed by atoms with Gasteiger partial charge in [0.1, 0.15) is 5.69 Å². The number of aromatic nitrogens is 1. The van der Waals surface area contributed by atoms with Gasteiger partial charge in [0.05, 0.1) is 0 Å². The monoisotopic (exact) mass is 477 g/mol. The van der Waals surface area contributed by atoms with E-state index in [0.717, 1.165) is 24.0 Å². The highest BCUT2D eigenvalue weighted by Crippen LogP contribution is 2.25. The molecule has 2 amide bonds. The number of hydrogen-bond donors (Lipinski definition) is 1. The van der Waals surface area contributed by atoms with Gasteiger partial charge in [-0.05, 0) is 54.2 Å². The Labute approximate surface area is 212 Å². The summed E-state index contributed by atoms with van der Waals surface area (Å²) in [4.78, 5) is 32.2. The summed E-state index contributed by atoms with van der Waals surface area (Å²) in [5.41, 5.74) is 4.22. The first-order chi connectivity index (χ1) is 17.6. The summed E-state index contributed by atoms with van der Waals surface area (Å²) in [6.45, 7) is 0.451. The van der Waals surface area contributed by atoms with Crippen molar-refractivity contribution >= 4 is 11.8 Å². The van der Waals surface area contributed by atoms with Gasteiger partial charge in [-0.3, -0.25) is 14.6 Å². The van der Waals surface area contributed by atoms with E-state index in [4.69, 9.17) is 0 Å². The number of carbonyl (C=O) groups is 2. The van der Waals surface area contributed by atoms with Gasteiger partial charge in [-0.15, -0.1) is 0 Å². The maximum Gasteiger partial charge on any atom is 0.269 e. The summed E-state index contributed by atoms with van der Waals surface area (Å²) < 4.78 is 0. The number of hydrogen-bond acceptors (Lipinski definition) is 3. The minimum Gasteiger partial charge on any atom is -0.351 e. The Balaban J connectivity index is 1.50. The summed E-state index contributed by atoms with van der Waals surface area (Å²) in [5.74, 6) is -0.232. The van der Waals surface area contributed by atoms with E-state index in [1.54, 1.807) is 24.4 Å². The van der Waals surface area contributed by atoms with Crippen LogP contribution in [-0.2, 0) is 6.42 Å². The molecule has 4 rings (SSSR count). The van der Waals surface area contributed by atoms with Crippen molar-refractivity contribution < 1.29 is 9.59 Å². The summed E-state index contributed by atoms with van der Waals surface area (Å²) >= 11 is 0. The maximum atomic E-state index is 13.7. The molecule has 1 unspecified atom stereocenters. The Morgan fingerprint density at radius 1 is 0.806 bits per heavy atom. The van der Waals surface area contributed by atoms with Gasteiger partial charge in [0.25, 0.3) is 11.8 Å². The molecular formula is C31H31N3O2. The van der Waals surface area contributed by atoms with Crippen molar-refractivity contribution in [3.8, 4) is 11.1 Å². The van der Waals surface area contributed by atoms with Crippen LogP contribution in [0.25, 0.3) is 11.1 Å². The van der Waals surface area contributed by atoms with E-state index in [0.29, 0.717) is 24.2 Å². The lowest BCUT2D eigenvalue weighted by Crippen LogP contribution is -2.40. The second-order valence-electron chi connectivity index (χ2n) is 8.77. The van der Waals surface area contributed by atoms with Gasteiger partial charge in [-0.1, -0.05) is 84.9 Å². The van der Waals surface area contributed by atoms with Crippen molar-refractivity contribution in [2.24, 2.45) is 0 Å². The first kappa shape index (κ1) is 24.9. The van der Waals surface area contributed by atoms with Crippen molar-refractivity contribution in [3.05, 3.63) is 126 Å². The standard InChI is InChI=1S/C31H31N3O2/c1-34(31(36)28-17-9-8-16-27(28)25-14-6-3-7-15-25)26(20-19-24-12-4-2-5-13-24)21-23-33-30(35)29-18-10-11-22-32-29/h2-18,22,26H,19-21,23H2,1H3,(H,33,35). The SMILES string of the molecule is CN(C(=O)c1ccccc1-c1ccccc1)C(CCNC(=O)c1ccccn1)CCc1ccccc1. The lowest BCUT2D eigenvalue weighted by molar-refractivity contribution is 0.0716. The quantitative estimate of drug-likeness (QED) is 0.321. The molecule has 4 aromatic rings. The fraction of sp³-hybridized carbons (Fsp3) is 0.194. The van der Waals surface area contributed by atoms with Gasteiger partial charge < -0.3 is 10.2 Å². The molecule has 0 saturated heterocycles. The third-order valence-corrected chi connectivity index (χ3v) is 6.38. The number of benzene rings is 3. The van der Waals surface area contributed by atoms with Crippen molar-refractivity contribution in [2.45, 2.75) is 25.3 Å². The van der Waals surface area contributed by atoms with E-state index in [1.165, 1.54) is 5.56 Å². The maximum absolute atomic E-state index is 13.7. The fourth-order valence-corrected chi connectivity index (χ4v) is 4.34. The number of nitrogens with zero attached hydrogens (tertiary/aromatic N) is 2. The lowest BCUT2D eigenvalue weighted by Gasteiger charge is -2.29. The predicted molar refractivity (Wildman–Crippen MR) is 144 cm³/mol. The van der Waals surface area contributed by atoms with Crippen molar-refractivity contribution in [1.29, 1.82) is 0 Å². The van der Waals surface area contributed by atoms with Crippen LogP contribution in [0.2, 0.25) is 0 Å². The van der Waals surface area contributed by atoms with Crippen LogP contribution >= 0.6 is 0 Å². The van der Waals surface area contributed by atoms with E-state index in [-0.39, 0.29) is 17.9 Å². The largest absolute Gasteiger partial charge is 0.351 e. The molecule has 3 aromatic carbocycles. The van der Waals surface area contributed by atoms with Crippen LogP contribution in [-0.4, -0.2) is 41.3 Å². The first-order valence-corrected chi connectivity index (χ1v) is 12.3. The second kappa shape index (κ2) is 12.5. The molecule has 0 radical (unpaired) electrons. The first-order valence-electron chi connectivity index (χ1n) is 12.3. The van der Waals surface area contributed by atoms with Crippen LogP contribution in [0.3, 0.4) is 0 Å². The third-order valence-electron chi connectivity index (χ3n) is 6.38. The van der Waals surface area contributed by atoms with Crippen LogP contribution < -0.4 is 5.32 Å². The minimum atomic E-state index is -0.208. The molecule has 0 saturated carbocycles. The molecule has 0 bridgehead atoms. The predicted octanol–water partition coefficient (Wildman–Crippen LogP) is 5.64. The molecule has 5 nitrogen and oxygen atoms in total. The Morgan fingerprint density at radius 2 is 1.47 bits per heavy atom.